The molecule has 0 spiro atoms. The van der Waals surface area contributed by atoms with Crippen molar-refractivity contribution in [1.82, 2.24) is 15.3 Å². The van der Waals surface area contributed by atoms with Gasteiger partial charge in [0.1, 0.15) is 11.3 Å². The van der Waals surface area contributed by atoms with Gasteiger partial charge >= 0.3 is 0 Å². The maximum absolute atomic E-state index is 13.7. The maximum Gasteiger partial charge on any atom is 0.260 e. The summed E-state index contributed by atoms with van der Waals surface area (Å²) in [7, 11) is 0. The molecule has 0 saturated carbocycles. The highest BCUT2D eigenvalue weighted by molar-refractivity contribution is 9.10. The molecule has 2 heterocycles. The molecule has 4 aromatic rings. The lowest BCUT2D eigenvalue weighted by Crippen LogP contribution is -2.34. The zero-order valence-corrected chi connectivity index (χ0v) is 17.1. The van der Waals surface area contributed by atoms with E-state index in [-0.39, 0.29) is 10.7 Å². The van der Waals surface area contributed by atoms with Gasteiger partial charge in [-0.2, -0.15) is 0 Å². The van der Waals surface area contributed by atoms with Crippen LogP contribution in [0.15, 0.2) is 69.8 Å². The van der Waals surface area contributed by atoms with E-state index in [9.17, 15) is 9.18 Å². The van der Waals surface area contributed by atoms with Crippen molar-refractivity contribution in [3.63, 3.8) is 0 Å². The van der Waals surface area contributed by atoms with E-state index in [0.717, 1.165) is 10.0 Å². The van der Waals surface area contributed by atoms with E-state index < -0.39 is 11.7 Å². The van der Waals surface area contributed by atoms with Crippen molar-refractivity contribution in [2.75, 3.05) is 5.32 Å². The van der Waals surface area contributed by atoms with Crippen molar-refractivity contribution in [1.29, 1.82) is 0 Å². The number of carbonyl (C=O) groups excluding carboxylic acids is 1. The minimum Gasteiger partial charge on any atom is -0.436 e. The fraction of sp³-hybridized carbons (Fsp3) is 0. The number of rotatable bonds is 3. The van der Waals surface area contributed by atoms with E-state index in [1.165, 1.54) is 18.2 Å². The van der Waals surface area contributed by atoms with Crippen molar-refractivity contribution < 1.29 is 13.6 Å². The number of fused-ring (bicyclic) bond motifs is 1. The smallest absolute Gasteiger partial charge is 0.260 e. The standard InChI is InChI=1S/C20H12BrFN4O2S/c21-12-7-11(9-23-10-12)19-25-16-8-13(5-6-17(16)28-19)24-20(29)26-18(27)14-3-1-2-4-15(14)22/h1-10H,(H2,24,26,27,29). The molecule has 29 heavy (non-hydrogen) atoms. The Morgan fingerprint density at radius 2 is 1.97 bits per heavy atom. The number of halogens is 2. The van der Waals surface area contributed by atoms with E-state index in [0.29, 0.717) is 22.7 Å². The second-order valence-corrected chi connectivity index (χ2v) is 7.31. The molecule has 0 bridgehead atoms. The summed E-state index contributed by atoms with van der Waals surface area (Å²) >= 11 is 8.52. The summed E-state index contributed by atoms with van der Waals surface area (Å²) in [6, 6.07) is 12.7. The molecule has 0 saturated heterocycles. The van der Waals surface area contributed by atoms with E-state index in [1.807, 2.05) is 6.07 Å². The van der Waals surface area contributed by atoms with Crippen LogP contribution in [0.1, 0.15) is 10.4 Å². The summed E-state index contributed by atoms with van der Waals surface area (Å²) in [6.45, 7) is 0. The Labute approximate surface area is 178 Å². The Morgan fingerprint density at radius 3 is 2.76 bits per heavy atom. The van der Waals surface area contributed by atoms with Crippen LogP contribution in [0, 0.1) is 5.82 Å². The zero-order chi connectivity index (χ0) is 20.4. The van der Waals surface area contributed by atoms with Gasteiger partial charge in [-0.3, -0.25) is 15.1 Å². The Kier molecular flexibility index (Phi) is 5.32. The van der Waals surface area contributed by atoms with Gasteiger partial charge in [0.25, 0.3) is 5.91 Å². The van der Waals surface area contributed by atoms with Gasteiger partial charge in [-0.05, 0) is 64.5 Å². The van der Waals surface area contributed by atoms with E-state index in [1.54, 1.807) is 36.7 Å². The van der Waals surface area contributed by atoms with Gasteiger partial charge in [-0.1, -0.05) is 12.1 Å². The van der Waals surface area contributed by atoms with Gasteiger partial charge < -0.3 is 9.73 Å². The van der Waals surface area contributed by atoms with Crippen molar-refractivity contribution in [2.24, 2.45) is 0 Å². The predicted molar refractivity (Wildman–Crippen MR) is 115 cm³/mol. The van der Waals surface area contributed by atoms with Gasteiger partial charge in [0.15, 0.2) is 10.7 Å². The lowest BCUT2D eigenvalue weighted by atomic mass is 10.2. The third-order valence-electron chi connectivity index (χ3n) is 3.94. The van der Waals surface area contributed by atoms with Gasteiger partial charge in [0.2, 0.25) is 5.89 Å². The minimum atomic E-state index is -0.632. The number of amides is 1. The van der Waals surface area contributed by atoms with Crippen molar-refractivity contribution >= 4 is 56.0 Å². The summed E-state index contributed by atoms with van der Waals surface area (Å²) < 4.78 is 20.3. The fourth-order valence-electron chi connectivity index (χ4n) is 2.64. The largest absolute Gasteiger partial charge is 0.436 e. The number of nitrogens with zero attached hydrogens (tertiary/aromatic N) is 2. The second-order valence-electron chi connectivity index (χ2n) is 5.98. The number of benzene rings is 2. The molecule has 9 heteroatoms. The summed E-state index contributed by atoms with van der Waals surface area (Å²) in [6.07, 6.45) is 3.33. The van der Waals surface area contributed by atoms with Crippen LogP contribution in [0.5, 0.6) is 0 Å². The summed E-state index contributed by atoms with van der Waals surface area (Å²) in [5.74, 6) is -0.819. The van der Waals surface area contributed by atoms with Crippen molar-refractivity contribution in [2.45, 2.75) is 0 Å². The highest BCUT2D eigenvalue weighted by Crippen LogP contribution is 2.27. The molecule has 144 valence electrons. The number of thiocarbonyl (C=S) groups is 1. The van der Waals surface area contributed by atoms with Crippen molar-refractivity contribution in [3.05, 3.63) is 76.8 Å². The number of nitrogens with one attached hydrogen (secondary N) is 2. The predicted octanol–water partition coefficient (Wildman–Crippen LogP) is 4.92. The summed E-state index contributed by atoms with van der Waals surface area (Å²) in [5, 5.41) is 5.38. The summed E-state index contributed by atoms with van der Waals surface area (Å²) in [5.41, 5.74) is 2.44. The first kappa shape index (κ1) is 19.2. The molecule has 0 unspecified atom stereocenters. The molecule has 0 atom stereocenters. The van der Waals surface area contributed by atoms with Gasteiger partial charge in [0, 0.05) is 22.6 Å². The van der Waals surface area contributed by atoms with Crippen LogP contribution >= 0.6 is 28.1 Å². The molecule has 2 N–H and O–H groups in total. The number of aromatic nitrogens is 2. The Morgan fingerprint density at radius 1 is 1.14 bits per heavy atom. The third-order valence-corrected chi connectivity index (χ3v) is 4.58. The van der Waals surface area contributed by atoms with E-state index >= 15 is 0 Å². The van der Waals surface area contributed by atoms with Crippen LogP contribution in [0.2, 0.25) is 0 Å². The van der Waals surface area contributed by atoms with E-state index in [4.69, 9.17) is 16.6 Å². The molecular formula is C20H12BrFN4O2S. The topological polar surface area (TPSA) is 80.0 Å². The molecule has 0 aliphatic carbocycles. The molecular weight excluding hydrogens is 459 g/mol. The van der Waals surface area contributed by atoms with Crippen LogP contribution in [-0.2, 0) is 0 Å². The molecule has 0 fully saturated rings. The number of anilines is 1. The SMILES string of the molecule is O=C(NC(=S)Nc1ccc2oc(-c3cncc(Br)c3)nc2c1)c1ccccc1F. The Balaban J connectivity index is 1.50. The third kappa shape index (κ3) is 4.30. The number of carbonyl (C=O) groups is 1. The molecule has 6 nitrogen and oxygen atoms in total. The monoisotopic (exact) mass is 470 g/mol. The highest BCUT2D eigenvalue weighted by atomic mass is 79.9. The molecule has 0 radical (unpaired) electrons. The van der Waals surface area contributed by atoms with Crippen molar-refractivity contribution in [3.8, 4) is 11.5 Å². The minimum absolute atomic E-state index is 0.0394. The van der Waals surface area contributed by atoms with Crippen LogP contribution < -0.4 is 10.6 Å². The normalized spacial score (nSPS) is 10.7. The van der Waals surface area contributed by atoms with E-state index in [2.05, 4.69) is 36.5 Å². The quantitative estimate of drug-likeness (QED) is 0.413. The lowest BCUT2D eigenvalue weighted by molar-refractivity contribution is 0.0974. The number of hydrogen-bond donors (Lipinski definition) is 2. The van der Waals surface area contributed by atoms with Crippen LogP contribution in [0.25, 0.3) is 22.6 Å². The molecule has 0 aliphatic rings. The second kappa shape index (κ2) is 8.06. The molecule has 0 aliphatic heterocycles. The van der Waals surface area contributed by atoms with Crippen LogP contribution in [-0.4, -0.2) is 21.0 Å². The average Bonchev–Trinajstić information content (AvgIpc) is 3.11. The zero-order valence-electron chi connectivity index (χ0n) is 14.6. The number of oxazole rings is 1. The average molecular weight is 471 g/mol. The van der Waals surface area contributed by atoms with Crippen LogP contribution in [0.4, 0.5) is 10.1 Å². The first-order valence-electron chi connectivity index (χ1n) is 8.38. The first-order valence-corrected chi connectivity index (χ1v) is 9.58. The molecule has 2 aromatic carbocycles. The van der Waals surface area contributed by atoms with Gasteiger partial charge in [-0.25, -0.2) is 9.37 Å². The van der Waals surface area contributed by atoms with Gasteiger partial charge in [0.05, 0.1) is 11.1 Å². The maximum atomic E-state index is 13.7. The molecule has 4 rings (SSSR count). The van der Waals surface area contributed by atoms with Gasteiger partial charge in [-0.15, -0.1) is 0 Å². The highest BCUT2D eigenvalue weighted by Gasteiger charge is 2.13. The summed E-state index contributed by atoms with van der Waals surface area (Å²) in [4.78, 5) is 20.7. The molecule has 2 aromatic heterocycles. The Bertz CT molecular complexity index is 1240. The first-order chi connectivity index (χ1) is 14.0. The Hall–Kier alpha value is -3.17. The fourth-order valence-corrected chi connectivity index (χ4v) is 3.21. The number of hydrogen-bond acceptors (Lipinski definition) is 5. The number of pyridine rings is 1. The molecule has 1 amide bonds. The lowest BCUT2D eigenvalue weighted by Gasteiger charge is -2.09. The van der Waals surface area contributed by atoms with Crippen LogP contribution in [0.3, 0.4) is 0 Å².